The van der Waals surface area contributed by atoms with Crippen LogP contribution in [0.15, 0.2) is 22.7 Å². The highest BCUT2D eigenvalue weighted by molar-refractivity contribution is 9.10. The van der Waals surface area contributed by atoms with Gasteiger partial charge in [0.15, 0.2) is 6.61 Å². The summed E-state index contributed by atoms with van der Waals surface area (Å²) in [7, 11) is 1.36. The van der Waals surface area contributed by atoms with Gasteiger partial charge in [0.25, 0.3) is 5.91 Å². The Morgan fingerprint density at radius 1 is 1.30 bits per heavy atom. The molecular formula is C20H22BrNO4S. The number of amides is 1. The van der Waals surface area contributed by atoms with Gasteiger partial charge in [-0.05, 0) is 64.4 Å². The Morgan fingerprint density at radius 3 is 2.74 bits per heavy atom. The zero-order chi connectivity index (χ0) is 19.6. The molecule has 1 aliphatic rings. The van der Waals surface area contributed by atoms with Crippen molar-refractivity contribution in [2.75, 3.05) is 19.0 Å². The number of hydrogen-bond acceptors (Lipinski definition) is 5. The maximum Gasteiger partial charge on any atom is 0.341 e. The van der Waals surface area contributed by atoms with E-state index < -0.39 is 5.97 Å². The highest BCUT2D eigenvalue weighted by Gasteiger charge is 2.28. The summed E-state index contributed by atoms with van der Waals surface area (Å²) in [5.74, 6) is 0.310. The van der Waals surface area contributed by atoms with Crippen molar-refractivity contribution in [1.29, 1.82) is 0 Å². The SMILES string of the molecule is COC(=O)c1c(NC(=O)COc2ccc(C(C)C)cc2Br)sc2c1CCC2. The fourth-order valence-corrected chi connectivity index (χ4v) is 4.91. The van der Waals surface area contributed by atoms with E-state index in [2.05, 4.69) is 35.1 Å². The average molecular weight is 452 g/mol. The Morgan fingerprint density at radius 2 is 2.07 bits per heavy atom. The minimum absolute atomic E-state index is 0.136. The molecule has 0 fully saturated rings. The molecule has 1 aromatic heterocycles. The topological polar surface area (TPSA) is 64.6 Å². The van der Waals surface area contributed by atoms with Crippen molar-refractivity contribution in [2.24, 2.45) is 0 Å². The van der Waals surface area contributed by atoms with Crippen molar-refractivity contribution in [3.8, 4) is 5.75 Å². The summed E-state index contributed by atoms with van der Waals surface area (Å²) in [6, 6.07) is 5.84. The Hall–Kier alpha value is -1.86. The van der Waals surface area contributed by atoms with Crippen molar-refractivity contribution in [1.82, 2.24) is 0 Å². The first-order valence-electron chi connectivity index (χ1n) is 8.85. The molecule has 0 saturated carbocycles. The van der Waals surface area contributed by atoms with Gasteiger partial charge in [0.1, 0.15) is 10.8 Å². The van der Waals surface area contributed by atoms with Gasteiger partial charge in [-0.2, -0.15) is 0 Å². The van der Waals surface area contributed by atoms with Crippen molar-refractivity contribution in [2.45, 2.75) is 39.0 Å². The summed E-state index contributed by atoms with van der Waals surface area (Å²) >= 11 is 4.94. The molecule has 27 heavy (non-hydrogen) atoms. The number of ether oxygens (including phenoxy) is 2. The van der Waals surface area contributed by atoms with Crippen LogP contribution in [0.1, 0.15) is 52.5 Å². The summed E-state index contributed by atoms with van der Waals surface area (Å²) in [4.78, 5) is 25.7. The van der Waals surface area contributed by atoms with Crippen LogP contribution >= 0.6 is 27.3 Å². The quantitative estimate of drug-likeness (QED) is 0.632. The second-order valence-electron chi connectivity index (χ2n) is 6.73. The van der Waals surface area contributed by atoms with E-state index in [1.807, 2.05) is 18.2 Å². The molecule has 1 aliphatic carbocycles. The monoisotopic (exact) mass is 451 g/mol. The molecule has 0 aliphatic heterocycles. The lowest BCUT2D eigenvalue weighted by molar-refractivity contribution is -0.118. The lowest BCUT2D eigenvalue weighted by Crippen LogP contribution is -2.21. The molecule has 1 aromatic carbocycles. The molecule has 0 bridgehead atoms. The first kappa shape index (κ1) is 19.9. The molecule has 144 valence electrons. The average Bonchev–Trinajstić information content (AvgIpc) is 3.20. The minimum atomic E-state index is -0.405. The number of carbonyl (C=O) groups excluding carboxylic acids is 2. The molecule has 0 spiro atoms. The fraction of sp³-hybridized carbons (Fsp3) is 0.400. The molecule has 3 rings (SSSR count). The van der Waals surface area contributed by atoms with Crippen molar-refractivity contribution in [3.63, 3.8) is 0 Å². The van der Waals surface area contributed by atoms with E-state index in [9.17, 15) is 9.59 Å². The summed E-state index contributed by atoms with van der Waals surface area (Å²) in [6.07, 6.45) is 2.81. The number of fused-ring (bicyclic) bond motifs is 1. The van der Waals surface area contributed by atoms with Crippen LogP contribution in [0.25, 0.3) is 0 Å². The molecule has 0 radical (unpaired) electrons. The molecule has 1 N–H and O–H groups in total. The zero-order valence-electron chi connectivity index (χ0n) is 15.6. The van der Waals surface area contributed by atoms with Gasteiger partial charge < -0.3 is 14.8 Å². The maximum atomic E-state index is 12.4. The first-order valence-corrected chi connectivity index (χ1v) is 10.5. The molecule has 7 heteroatoms. The third-order valence-electron chi connectivity index (χ3n) is 4.55. The minimum Gasteiger partial charge on any atom is -0.483 e. The van der Waals surface area contributed by atoms with Crippen LogP contribution in [0.3, 0.4) is 0 Å². The van der Waals surface area contributed by atoms with E-state index in [1.165, 1.54) is 24.0 Å². The summed E-state index contributed by atoms with van der Waals surface area (Å²) in [5.41, 5.74) is 2.69. The molecule has 1 heterocycles. The predicted octanol–water partition coefficient (Wildman–Crippen LogP) is 4.93. The predicted molar refractivity (Wildman–Crippen MR) is 110 cm³/mol. The van der Waals surface area contributed by atoms with E-state index in [0.717, 1.165) is 34.2 Å². The lowest BCUT2D eigenvalue weighted by Gasteiger charge is -2.12. The van der Waals surface area contributed by atoms with Gasteiger partial charge in [-0.15, -0.1) is 11.3 Å². The molecule has 2 aromatic rings. The van der Waals surface area contributed by atoms with Crippen LogP contribution in [-0.2, 0) is 22.4 Å². The lowest BCUT2D eigenvalue weighted by atomic mass is 10.0. The second-order valence-corrected chi connectivity index (χ2v) is 8.69. The Balaban J connectivity index is 1.68. The van der Waals surface area contributed by atoms with Crippen LogP contribution in [0.5, 0.6) is 5.75 Å². The van der Waals surface area contributed by atoms with E-state index in [0.29, 0.717) is 22.2 Å². The number of anilines is 1. The van der Waals surface area contributed by atoms with Crippen LogP contribution in [0.4, 0.5) is 5.00 Å². The summed E-state index contributed by atoms with van der Waals surface area (Å²) < 4.78 is 11.3. The smallest absolute Gasteiger partial charge is 0.341 e. The van der Waals surface area contributed by atoms with Gasteiger partial charge >= 0.3 is 5.97 Å². The number of rotatable bonds is 6. The number of thiophene rings is 1. The van der Waals surface area contributed by atoms with Crippen LogP contribution in [-0.4, -0.2) is 25.6 Å². The number of methoxy groups -OCH3 is 1. The van der Waals surface area contributed by atoms with Crippen LogP contribution in [0.2, 0.25) is 0 Å². The van der Waals surface area contributed by atoms with E-state index in [1.54, 1.807) is 0 Å². The van der Waals surface area contributed by atoms with E-state index >= 15 is 0 Å². The number of benzene rings is 1. The highest BCUT2D eigenvalue weighted by atomic mass is 79.9. The van der Waals surface area contributed by atoms with Gasteiger partial charge in [-0.1, -0.05) is 19.9 Å². The Kier molecular flexibility index (Phi) is 6.22. The van der Waals surface area contributed by atoms with Crippen molar-refractivity contribution >= 4 is 44.1 Å². The number of nitrogens with one attached hydrogen (secondary N) is 1. The van der Waals surface area contributed by atoms with Crippen LogP contribution in [0, 0.1) is 0 Å². The molecule has 1 amide bonds. The third-order valence-corrected chi connectivity index (χ3v) is 6.37. The maximum absolute atomic E-state index is 12.4. The fourth-order valence-electron chi connectivity index (χ4n) is 3.11. The van der Waals surface area contributed by atoms with Gasteiger partial charge in [0, 0.05) is 4.88 Å². The number of aryl methyl sites for hydroxylation is 1. The standard InChI is InChI=1S/C20H22BrNO4S/c1-11(2)12-7-8-15(14(21)9-12)26-10-17(23)22-19-18(20(24)25-3)13-5-4-6-16(13)27-19/h7-9,11H,4-6,10H2,1-3H3,(H,22,23). The number of halogens is 1. The van der Waals surface area contributed by atoms with E-state index in [4.69, 9.17) is 9.47 Å². The van der Waals surface area contributed by atoms with Gasteiger partial charge in [-0.25, -0.2) is 4.79 Å². The van der Waals surface area contributed by atoms with E-state index in [-0.39, 0.29) is 12.5 Å². The Labute approximate surface area is 171 Å². The highest BCUT2D eigenvalue weighted by Crippen LogP contribution is 2.39. The summed E-state index contributed by atoms with van der Waals surface area (Å²) in [6.45, 7) is 4.10. The molecule has 0 unspecified atom stereocenters. The second kappa shape index (κ2) is 8.44. The number of hydrogen-bond donors (Lipinski definition) is 1. The van der Waals surface area contributed by atoms with Crippen molar-refractivity contribution < 1.29 is 19.1 Å². The normalized spacial score (nSPS) is 12.8. The molecular weight excluding hydrogens is 430 g/mol. The largest absolute Gasteiger partial charge is 0.483 e. The molecule has 0 saturated heterocycles. The van der Waals surface area contributed by atoms with Gasteiger partial charge in [-0.3, -0.25) is 4.79 Å². The van der Waals surface area contributed by atoms with Gasteiger partial charge in [0.05, 0.1) is 17.1 Å². The van der Waals surface area contributed by atoms with Crippen molar-refractivity contribution in [3.05, 3.63) is 44.2 Å². The zero-order valence-corrected chi connectivity index (χ0v) is 18.0. The number of esters is 1. The molecule has 0 atom stereocenters. The first-order chi connectivity index (χ1) is 12.9. The van der Waals surface area contributed by atoms with Gasteiger partial charge in [0.2, 0.25) is 0 Å². The third kappa shape index (κ3) is 4.35. The Bertz CT molecular complexity index is 875. The molecule has 5 nitrogen and oxygen atoms in total. The summed E-state index contributed by atoms with van der Waals surface area (Å²) in [5, 5.41) is 3.36. The van der Waals surface area contributed by atoms with Crippen LogP contribution < -0.4 is 10.1 Å². The number of carbonyl (C=O) groups is 2.